The Balaban J connectivity index is 1.70. The highest BCUT2D eigenvalue weighted by Gasteiger charge is 2.19. The fraction of sp³-hybridized carbons (Fsp3) is 0.200. The Hall–Kier alpha value is -2.75. The van der Waals surface area contributed by atoms with Crippen molar-refractivity contribution in [2.24, 2.45) is 0 Å². The molecule has 1 heterocycles. The lowest BCUT2D eigenvalue weighted by molar-refractivity contribution is 0.0468. The molecule has 7 nitrogen and oxygen atoms in total. The van der Waals surface area contributed by atoms with Crippen molar-refractivity contribution in [3.63, 3.8) is 0 Å². The summed E-state index contributed by atoms with van der Waals surface area (Å²) in [6.45, 7) is -0.00996. The molecule has 0 unspecified atom stereocenters. The number of nitrogens with zero attached hydrogens (tertiary/aromatic N) is 2. The minimum atomic E-state index is -3.63. The Bertz CT molecular complexity index is 1120. The first-order valence-electron chi connectivity index (χ1n) is 8.60. The molecule has 0 spiro atoms. The van der Waals surface area contributed by atoms with E-state index in [9.17, 15) is 13.2 Å². The average molecular weight is 433 g/mol. The highest BCUT2D eigenvalue weighted by Crippen LogP contribution is 2.27. The third-order valence-corrected chi connectivity index (χ3v) is 6.82. The maximum absolute atomic E-state index is 12.4. The number of aromatic nitrogens is 1. The molecule has 29 heavy (non-hydrogen) atoms. The van der Waals surface area contributed by atoms with Gasteiger partial charge in [0.25, 0.3) is 0 Å². The Morgan fingerprint density at radius 2 is 1.90 bits per heavy atom. The zero-order valence-electron chi connectivity index (χ0n) is 16.2. The van der Waals surface area contributed by atoms with Crippen molar-refractivity contribution in [2.45, 2.75) is 11.5 Å². The van der Waals surface area contributed by atoms with Crippen LogP contribution in [0.1, 0.15) is 16.1 Å². The van der Waals surface area contributed by atoms with Gasteiger partial charge < -0.3 is 9.47 Å². The molecule has 0 N–H and O–H groups in total. The molecule has 0 bridgehead atoms. The number of methoxy groups -OCH3 is 1. The van der Waals surface area contributed by atoms with Gasteiger partial charge in [-0.1, -0.05) is 18.2 Å². The molecule has 0 aliphatic heterocycles. The van der Waals surface area contributed by atoms with Crippen LogP contribution < -0.4 is 4.74 Å². The van der Waals surface area contributed by atoms with Gasteiger partial charge in [0, 0.05) is 25.0 Å². The van der Waals surface area contributed by atoms with Gasteiger partial charge in [0.05, 0.1) is 23.3 Å². The highest BCUT2D eigenvalue weighted by atomic mass is 32.2. The second-order valence-electron chi connectivity index (χ2n) is 6.27. The van der Waals surface area contributed by atoms with Gasteiger partial charge in [0.15, 0.2) is 0 Å². The van der Waals surface area contributed by atoms with Crippen molar-refractivity contribution in [3.05, 3.63) is 65.2 Å². The van der Waals surface area contributed by atoms with Gasteiger partial charge in [0.1, 0.15) is 17.4 Å². The average Bonchev–Trinajstić information content (AvgIpc) is 3.21. The summed E-state index contributed by atoms with van der Waals surface area (Å²) in [6.07, 6.45) is 0. The Labute approximate surface area is 173 Å². The zero-order valence-corrected chi connectivity index (χ0v) is 17.8. The Morgan fingerprint density at radius 1 is 1.14 bits per heavy atom. The van der Waals surface area contributed by atoms with E-state index in [-0.39, 0.29) is 17.1 Å². The van der Waals surface area contributed by atoms with Crippen molar-refractivity contribution in [3.8, 4) is 16.3 Å². The summed E-state index contributed by atoms with van der Waals surface area (Å²) in [5.41, 5.74) is 1.68. The number of thiazole rings is 1. The molecule has 3 aromatic rings. The maximum Gasteiger partial charge on any atom is 0.338 e. The summed E-state index contributed by atoms with van der Waals surface area (Å²) in [6, 6.07) is 13.3. The summed E-state index contributed by atoms with van der Waals surface area (Å²) in [5.74, 6) is 0.120. The summed E-state index contributed by atoms with van der Waals surface area (Å²) in [7, 11) is 0.839. The van der Waals surface area contributed by atoms with Crippen LogP contribution in [0.3, 0.4) is 0 Å². The molecular weight excluding hydrogens is 412 g/mol. The Kier molecular flexibility index (Phi) is 6.31. The van der Waals surface area contributed by atoms with Crippen molar-refractivity contribution in [1.82, 2.24) is 9.29 Å². The van der Waals surface area contributed by atoms with E-state index >= 15 is 0 Å². The molecule has 0 amide bonds. The van der Waals surface area contributed by atoms with Crippen LogP contribution in [-0.2, 0) is 21.4 Å². The molecule has 0 saturated carbocycles. The van der Waals surface area contributed by atoms with E-state index in [2.05, 4.69) is 4.98 Å². The van der Waals surface area contributed by atoms with E-state index in [1.165, 1.54) is 49.7 Å². The van der Waals surface area contributed by atoms with Gasteiger partial charge in [-0.05, 0) is 30.3 Å². The quantitative estimate of drug-likeness (QED) is 0.532. The number of esters is 1. The maximum atomic E-state index is 12.4. The number of hydrogen-bond acceptors (Lipinski definition) is 7. The third-order valence-electron chi connectivity index (χ3n) is 4.07. The van der Waals surface area contributed by atoms with Crippen molar-refractivity contribution in [2.75, 3.05) is 21.2 Å². The summed E-state index contributed by atoms with van der Waals surface area (Å²) in [5, 5.41) is 2.60. The number of carbonyl (C=O) groups excluding carboxylic acids is 1. The lowest BCUT2D eigenvalue weighted by atomic mass is 10.2. The summed E-state index contributed by atoms with van der Waals surface area (Å²) >= 11 is 1.44. The van der Waals surface area contributed by atoms with Gasteiger partial charge in [0.2, 0.25) is 10.0 Å². The van der Waals surface area contributed by atoms with E-state index in [1.54, 1.807) is 7.11 Å². The molecule has 1 aromatic heterocycles. The van der Waals surface area contributed by atoms with Crippen molar-refractivity contribution in [1.29, 1.82) is 0 Å². The number of carbonyl (C=O) groups is 1. The molecular formula is C20H20N2O5S2. The molecule has 0 radical (unpaired) electrons. The van der Waals surface area contributed by atoms with E-state index in [1.807, 2.05) is 29.6 Å². The highest BCUT2D eigenvalue weighted by molar-refractivity contribution is 7.89. The van der Waals surface area contributed by atoms with Gasteiger partial charge in [-0.15, -0.1) is 11.3 Å². The largest absolute Gasteiger partial charge is 0.497 e. The van der Waals surface area contributed by atoms with Crippen molar-refractivity contribution >= 4 is 27.3 Å². The SMILES string of the molecule is COc1cccc(-c2nc(COC(=O)c3cccc(S(=O)(=O)N(C)C)c3)cs2)c1. The van der Waals surface area contributed by atoms with E-state index < -0.39 is 16.0 Å². The standard InChI is InChI=1S/C20H20N2O5S2/c1-22(2)29(24,25)18-9-5-7-15(11-18)20(23)27-12-16-13-28-19(21-16)14-6-4-8-17(10-14)26-3/h4-11,13H,12H2,1-3H3. The summed E-state index contributed by atoms with van der Waals surface area (Å²) in [4.78, 5) is 16.9. The van der Waals surface area contributed by atoms with Crippen LogP contribution >= 0.6 is 11.3 Å². The predicted molar refractivity (Wildman–Crippen MR) is 111 cm³/mol. The second kappa shape index (κ2) is 8.73. The molecule has 0 fully saturated rings. The topological polar surface area (TPSA) is 85.8 Å². The first kappa shape index (κ1) is 21.0. The number of hydrogen-bond donors (Lipinski definition) is 0. The van der Waals surface area contributed by atoms with E-state index in [0.29, 0.717) is 5.69 Å². The molecule has 0 aliphatic rings. The smallest absolute Gasteiger partial charge is 0.338 e. The van der Waals surface area contributed by atoms with Crippen molar-refractivity contribution < 1.29 is 22.7 Å². The normalized spacial score (nSPS) is 11.4. The monoisotopic (exact) mass is 432 g/mol. The third kappa shape index (κ3) is 4.81. The number of benzene rings is 2. The van der Waals surface area contributed by atoms with Crippen LogP contribution in [0.4, 0.5) is 0 Å². The molecule has 152 valence electrons. The van der Waals surface area contributed by atoms with Crippen LogP contribution in [0.5, 0.6) is 5.75 Å². The predicted octanol–water partition coefficient (Wildman–Crippen LogP) is 3.43. The van der Waals surface area contributed by atoms with Crippen LogP contribution in [0.15, 0.2) is 58.8 Å². The van der Waals surface area contributed by atoms with Crippen LogP contribution in [-0.4, -0.2) is 44.9 Å². The number of rotatable bonds is 7. The van der Waals surface area contributed by atoms with Gasteiger partial charge in [-0.3, -0.25) is 0 Å². The lowest BCUT2D eigenvalue weighted by Crippen LogP contribution is -2.22. The van der Waals surface area contributed by atoms with E-state index in [0.717, 1.165) is 20.6 Å². The van der Waals surface area contributed by atoms with Crippen LogP contribution in [0.2, 0.25) is 0 Å². The van der Waals surface area contributed by atoms with Gasteiger partial charge in [-0.25, -0.2) is 22.5 Å². The van der Waals surface area contributed by atoms with Crippen LogP contribution in [0, 0.1) is 0 Å². The molecule has 9 heteroatoms. The molecule has 2 aromatic carbocycles. The zero-order chi connectivity index (χ0) is 21.0. The number of ether oxygens (including phenoxy) is 2. The summed E-state index contributed by atoms with van der Waals surface area (Å²) < 4.78 is 36.1. The minimum Gasteiger partial charge on any atom is -0.497 e. The van der Waals surface area contributed by atoms with E-state index in [4.69, 9.17) is 9.47 Å². The first-order chi connectivity index (χ1) is 13.8. The molecule has 0 atom stereocenters. The second-order valence-corrected chi connectivity index (χ2v) is 9.28. The Morgan fingerprint density at radius 3 is 2.62 bits per heavy atom. The fourth-order valence-electron chi connectivity index (χ4n) is 2.48. The molecule has 0 saturated heterocycles. The van der Waals surface area contributed by atoms with Gasteiger partial charge in [-0.2, -0.15) is 0 Å². The number of sulfonamides is 1. The molecule has 3 rings (SSSR count). The van der Waals surface area contributed by atoms with Crippen LogP contribution in [0.25, 0.3) is 10.6 Å². The van der Waals surface area contributed by atoms with Gasteiger partial charge >= 0.3 is 5.97 Å². The minimum absolute atomic E-state index is 0.00996. The fourth-order valence-corrected chi connectivity index (χ4v) is 4.23. The lowest BCUT2D eigenvalue weighted by Gasteiger charge is -2.12. The first-order valence-corrected chi connectivity index (χ1v) is 10.9. The molecule has 0 aliphatic carbocycles.